The van der Waals surface area contributed by atoms with Crippen molar-refractivity contribution in [1.82, 2.24) is 4.72 Å². The molecule has 0 unspecified atom stereocenters. The van der Waals surface area contributed by atoms with Crippen molar-refractivity contribution in [1.29, 1.82) is 0 Å². The number of nitrogens with one attached hydrogen (secondary N) is 1. The van der Waals surface area contributed by atoms with Gasteiger partial charge in [0.2, 0.25) is 10.0 Å². The number of carbonyl (C=O) groups is 1. The standard InChI is InChI=1S/C17H19NO4S/c1-12-7-6-10-15(13(12)2)16(11-17(19)20)18-23(21,22)14-8-4-3-5-9-14/h3-10,16,18H,11H2,1-2H3,(H,19,20)/t16-/m1/s1. The summed E-state index contributed by atoms with van der Waals surface area (Å²) in [5.74, 6) is -1.06. The van der Waals surface area contributed by atoms with E-state index in [1.54, 1.807) is 30.3 Å². The fraction of sp³-hybridized carbons (Fsp3) is 0.235. The van der Waals surface area contributed by atoms with Crippen LogP contribution >= 0.6 is 0 Å². The molecule has 0 saturated heterocycles. The van der Waals surface area contributed by atoms with Crippen molar-refractivity contribution in [2.45, 2.75) is 31.2 Å². The maximum Gasteiger partial charge on any atom is 0.305 e. The normalized spacial score (nSPS) is 12.8. The van der Waals surface area contributed by atoms with Gasteiger partial charge in [-0.2, -0.15) is 0 Å². The highest BCUT2D eigenvalue weighted by molar-refractivity contribution is 7.89. The number of rotatable bonds is 6. The predicted molar refractivity (Wildman–Crippen MR) is 87.7 cm³/mol. The lowest BCUT2D eigenvalue weighted by Crippen LogP contribution is -2.30. The molecular weight excluding hydrogens is 314 g/mol. The van der Waals surface area contributed by atoms with E-state index in [1.807, 2.05) is 19.9 Å². The van der Waals surface area contributed by atoms with Crippen LogP contribution in [0.25, 0.3) is 0 Å². The van der Waals surface area contributed by atoms with Crippen molar-refractivity contribution in [3.8, 4) is 0 Å². The van der Waals surface area contributed by atoms with Crippen LogP contribution in [-0.4, -0.2) is 19.5 Å². The van der Waals surface area contributed by atoms with E-state index >= 15 is 0 Å². The first-order valence-corrected chi connectivity index (χ1v) is 8.65. The number of hydrogen-bond donors (Lipinski definition) is 2. The molecule has 122 valence electrons. The van der Waals surface area contributed by atoms with E-state index in [9.17, 15) is 13.2 Å². The van der Waals surface area contributed by atoms with Crippen LogP contribution in [0.1, 0.15) is 29.2 Å². The van der Waals surface area contributed by atoms with Crippen molar-refractivity contribution in [3.05, 3.63) is 65.2 Å². The number of aryl methyl sites for hydroxylation is 1. The van der Waals surface area contributed by atoms with Crippen LogP contribution in [0.3, 0.4) is 0 Å². The first kappa shape index (κ1) is 17.2. The highest BCUT2D eigenvalue weighted by Crippen LogP contribution is 2.25. The number of benzene rings is 2. The second kappa shape index (κ2) is 6.93. The van der Waals surface area contributed by atoms with Gasteiger partial charge in [0.1, 0.15) is 0 Å². The topological polar surface area (TPSA) is 83.5 Å². The Balaban J connectivity index is 2.40. The Morgan fingerprint density at radius 3 is 2.35 bits per heavy atom. The largest absolute Gasteiger partial charge is 0.481 e. The second-order valence-corrected chi connectivity index (χ2v) is 7.09. The fourth-order valence-corrected chi connectivity index (χ4v) is 3.63. The van der Waals surface area contributed by atoms with E-state index in [0.29, 0.717) is 5.56 Å². The Hall–Kier alpha value is -2.18. The fourth-order valence-electron chi connectivity index (χ4n) is 2.40. The molecule has 0 aliphatic carbocycles. The van der Waals surface area contributed by atoms with Gasteiger partial charge < -0.3 is 5.11 Å². The SMILES string of the molecule is Cc1cccc([C@@H](CC(=O)O)NS(=O)(=O)c2ccccc2)c1C. The Bertz CT molecular complexity index is 801. The maximum absolute atomic E-state index is 12.5. The van der Waals surface area contributed by atoms with Crippen molar-refractivity contribution in [2.24, 2.45) is 0 Å². The number of carboxylic acids is 1. The van der Waals surface area contributed by atoms with Crippen molar-refractivity contribution >= 4 is 16.0 Å². The van der Waals surface area contributed by atoms with Gasteiger partial charge in [0, 0.05) is 0 Å². The molecule has 0 heterocycles. The van der Waals surface area contributed by atoms with Crippen LogP contribution in [0.2, 0.25) is 0 Å². The van der Waals surface area contributed by atoms with Crippen LogP contribution in [0, 0.1) is 13.8 Å². The average molecular weight is 333 g/mol. The first-order chi connectivity index (χ1) is 10.8. The van der Waals surface area contributed by atoms with Crippen molar-refractivity contribution in [3.63, 3.8) is 0 Å². The zero-order valence-corrected chi connectivity index (χ0v) is 13.8. The van der Waals surface area contributed by atoms with Gasteiger partial charge in [-0.25, -0.2) is 13.1 Å². The molecule has 2 rings (SSSR count). The molecule has 2 N–H and O–H groups in total. The van der Waals surface area contributed by atoms with Crippen LogP contribution in [0.5, 0.6) is 0 Å². The van der Waals surface area contributed by atoms with Gasteiger partial charge in [0.15, 0.2) is 0 Å². The quantitative estimate of drug-likeness (QED) is 0.851. The lowest BCUT2D eigenvalue weighted by Gasteiger charge is -2.20. The van der Waals surface area contributed by atoms with Crippen LogP contribution in [0.15, 0.2) is 53.4 Å². The first-order valence-electron chi connectivity index (χ1n) is 7.16. The smallest absolute Gasteiger partial charge is 0.305 e. The molecule has 2 aromatic rings. The van der Waals surface area contributed by atoms with E-state index in [4.69, 9.17) is 5.11 Å². The molecule has 0 fully saturated rings. The third-order valence-corrected chi connectivity index (χ3v) is 5.24. The van der Waals surface area contributed by atoms with Gasteiger partial charge in [-0.3, -0.25) is 4.79 Å². The molecule has 23 heavy (non-hydrogen) atoms. The van der Waals surface area contributed by atoms with E-state index in [0.717, 1.165) is 11.1 Å². The molecule has 0 saturated carbocycles. The van der Waals surface area contributed by atoms with E-state index in [1.165, 1.54) is 12.1 Å². The molecule has 0 bridgehead atoms. The summed E-state index contributed by atoms with van der Waals surface area (Å²) in [5, 5.41) is 9.14. The molecule has 0 aromatic heterocycles. The van der Waals surface area contributed by atoms with Gasteiger partial charge in [0.25, 0.3) is 0 Å². The molecule has 2 aromatic carbocycles. The average Bonchev–Trinajstić information content (AvgIpc) is 2.49. The zero-order chi connectivity index (χ0) is 17.0. The third-order valence-electron chi connectivity index (χ3n) is 3.75. The minimum atomic E-state index is -3.80. The van der Waals surface area contributed by atoms with Gasteiger partial charge in [-0.05, 0) is 42.7 Å². The zero-order valence-electron chi connectivity index (χ0n) is 13.0. The molecule has 5 nitrogen and oxygen atoms in total. The Morgan fingerprint density at radius 1 is 1.09 bits per heavy atom. The molecule has 0 radical (unpaired) electrons. The van der Waals surface area contributed by atoms with Crippen molar-refractivity contribution < 1.29 is 18.3 Å². The van der Waals surface area contributed by atoms with Gasteiger partial charge in [0.05, 0.1) is 17.4 Å². The lowest BCUT2D eigenvalue weighted by atomic mass is 9.96. The van der Waals surface area contributed by atoms with Crippen LogP contribution in [-0.2, 0) is 14.8 Å². The summed E-state index contributed by atoms with van der Waals surface area (Å²) in [4.78, 5) is 11.3. The van der Waals surface area contributed by atoms with E-state index < -0.39 is 22.0 Å². The Labute approximate surface area is 136 Å². The summed E-state index contributed by atoms with van der Waals surface area (Å²) in [7, 11) is -3.80. The number of aliphatic carboxylic acids is 1. The second-order valence-electron chi connectivity index (χ2n) is 5.37. The minimum Gasteiger partial charge on any atom is -0.481 e. The molecule has 0 amide bonds. The van der Waals surface area contributed by atoms with E-state index in [2.05, 4.69) is 4.72 Å². The Kier molecular flexibility index (Phi) is 5.18. The van der Waals surface area contributed by atoms with Crippen LogP contribution in [0.4, 0.5) is 0 Å². The molecule has 6 heteroatoms. The van der Waals surface area contributed by atoms with Gasteiger partial charge in [-0.1, -0.05) is 36.4 Å². The molecular formula is C17H19NO4S. The van der Waals surface area contributed by atoms with Gasteiger partial charge in [-0.15, -0.1) is 0 Å². The molecule has 0 spiro atoms. The summed E-state index contributed by atoms with van der Waals surface area (Å²) in [6.45, 7) is 3.76. The lowest BCUT2D eigenvalue weighted by molar-refractivity contribution is -0.137. The molecule has 1 atom stereocenters. The molecule has 0 aliphatic rings. The Morgan fingerprint density at radius 2 is 1.74 bits per heavy atom. The summed E-state index contributed by atoms with van der Waals surface area (Å²) in [5.41, 5.74) is 2.54. The van der Waals surface area contributed by atoms with Gasteiger partial charge >= 0.3 is 5.97 Å². The van der Waals surface area contributed by atoms with E-state index in [-0.39, 0.29) is 11.3 Å². The number of carboxylic acid groups (broad SMARTS) is 1. The highest BCUT2D eigenvalue weighted by Gasteiger charge is 2.24. The summed E-state index contributed by atoms with van der Waals surface area (Å²) < 4.78 is 27.5. The van der Waals surface area contributed by atoms with Crippen LogP contribution < -0.4 is 4.72 Å². The molecule has 0 aliphatic heterocycles. The summed E-state index contributed by atoms with van der Waals surface area (Å²) in [6.07, 6.45) is -0.323. The minimum absolute atomic E-state index is 0.112. The number of sulfonamides is 1. The maximum atomic E-state index is 12.5. The number of hydrogen-bond acceptors (Lipinski definition) is 3. The summed E-state index contributed by atoms with van der Waals surface area (Å²) in [6, 6.07) is 12.6. The summed E-state index contributed by atoms with van der Waals surface area (Å²) >= 11 is 0. The highest BCUT2D eigenvalue weighted by atomic mass is 32.2. The monoisotopic (exact) mass is 333 g/mol. The third kappa shape index (κ3) is 4.18. The van der Waals surface area contributed by atoms with Crippen molar-refractivity contribution in [2.75, 3.05) is 0 Å². The predicted octanol–water partition coefficient (Wildman–Crippen LogP) is 2.80.